The number of carbonyl (C=O) groups excluding carboxylic acids is 1. The van der Waals surface area contributed by atoms with Gasteiger partial charge in [0.1, 0.15) is 0 Å². The van der Waals surface area contributed by atoms with Crippen LogP contribution in [-0.4, -0.2) is 25.6 Å². The van der Waals surface area contributed by atoms with E-state index in [1.807, 2.05) is 65.2 Å². The van der Waals surface area contributed by atoms with Crippen molar-refractivity contribution < 1.29 is 9.72 Å². The molecule has 0 aliphatic carbocycles. The van der Waals surface area contributed by atoms with Gasteiger partial charge in [-0.25, -0.2) is 0 Å². The summed E-state index contributed by atoms with van der Waals surface area (Å²) in [7, 11) is 0. The van der Waals surface area contributed by atoms with E-state index in [9.17, 15) is 14.9 Å². The number of halogens is 1. The Morgan fingerprint density at radius 3 is 2.23 bits per heavy atom. The van der Waals surface area contributed by atoms with Crippen molar-refractivity contribution in [3.05, 3.63) is 147 Å². The molecule has 1 N–H and O–H groups in total. The van der Waals surface area contributed by atoms with E-state index < -0.39 is 11.0 Å². The lowest BCUT2D eigenvalue weighted by Gasteiger charge is -2.20. The molecule has 5 rings (SSSR count). The third-order valence-corrected chi connectivity index (χ3v) is 7.41. The van der Waals surface area contributed by atoms with Crippen LogP contribution >= 0.6 is 23.4 Å². The highest BCUT2D eigenvalue weighted by Gasteiger charge is 2.26. The molecule has 0 aliphatic rings. The number of aromatic nitrogens is 3. The van der Waals surface area contributed by atoms with Gasteiger partial charge in [-0.1, -0.05) is 90.1 Å². The molecule has 0 bridgehead atoms. The number of non-ortho nitro benzene ring substituents is 1. The largest absolute Gasteiger partial charge is 0.342 e. The zero-order chi connectivity index (χ0) is 27.9. The van der Waals surface area contributed by atoms with Crippen LogP contribution in [0.25, 0.3) is 5.69 Å². The van der Waals surface area contributed by atoms with Gasteiger partial charge in [0, 0.05) is 34.2 Å². The molecular weight excluding hydrogens is 546 g/mol. The molecule has 0 aliphatic heterocycles. The van der Waals surface area contributed by atoms with Gasteiger partial charge in [0.2, 0.25) is 0 Å². The first-order valence-corrected chi connectivity index (χ1v) is 13.8. The minimum atomic E-state index is -0.567. The van der Waals surface area contributed by atoms with Gasteiger partial charge >= 0.3 is 0 Å². The van der Waals surface area contributed by atoms with E-state index in [1.54, 1.807) is 36.4 Å². The van der Waals surface area contributed by atoms with Gasteiger partial charge in [-0.15, -0.1) is 10.2 Å². The zero-order valence-electron chi connectivity index (χ0n) is 21.2. The first-order valence-electron chi connectivity index (χ1n) is 12.4. The van der Waals surface area contributed by atoms with Crippen molar-refractivity contribution in [3.63, 3.8) is 0 Å². The lowest BCUT2D eigenvalue weighted by atomic mass is 10.0. The van der Waals surface area contributed by atoms with Gasteiger partial charge in [-0.05, 0) is 47.9 Å². The Balaban J connectivity index is 1.56. The third kappa shape index (κ3) is 6.56. The lowest BCUT2D eigenvalue weighted by molar-refractivity contribution is -0.384. The summed E-state index contributed by atoms with van der Waals surface area (Å²) in [4.78, 5) is 24.2. The van der Waals surface area contributed by atoms with Gasteiger partial charge in [0.15, 0.2) is 11.0 Å². The fourth-order valence-electron chi connectivity index (χ4n) is 4.22. The Morgan fingerprint density at radius 1 is 0.900 bits per heavy atom. The van der Waals surface area contributed by atoms with Crippen LogP contribution in [0.1, 0.15) is 33.4 Å². The first-order chi connectivity index (χ1) is 19.5. The van der Waals surface area contributed by atoms with E-state index in [4.69, 9.17) is 11.6 Å². The average Bonchev–Trinajstić information content (AvgIpc) is 3.41. The molecule has 1 atom stereocenters. The molecule has 0 saturated carbocycles. The van der Waals surface area contributed by atoms with Gasteiger partial charge in [-0.3, -0.25) is 19.5 Å². The first kappa shape index (κ1) is 27.1. The van der Waals surface area contributed by atoms with Crippen molar-refractivity contribution in [2.45, 2.75) is 23.4 Å². The maximum Gasteiger partial charge on any atom is 0.269 e. The van der Waals surface area contributed by atoms with Crippen LogP contribution in [0.4, 0.5) is 5.69 Å². The maximum absolute atomic E-state index is 13.3. The summed E-state index contributed by atoms with van der Waals surface area (Å²) in [5, 5.41) is 24.5. The highest BCUT2D eigenvalue weighted by Crippen LogP contribution is 2.30. The van der Waals surface area contributed by atoms with Gasteiger partial charge in [0.25, 0.3) is 11.6 Å². The van der Waals surface area contributed by atoms with E-state index in [2.05, 4.69) is 15.5 Å². The number of rotatable bonds is 10. The number of thioether (sulfide) groups is 1. The van der Waals surface area contributed by atoms with Crippen molar-refractivity contribution in [3.8, 4) is 5.69 Å². The summed E-state index contributed by atoms with van der Waals surface area (Å²) in [6.45, 7) is 0. The van der Waals surface area contributed by atoms with E-state index in [-0.39, 0.29) is 11.6 Å². The molecule has 1 heterocycles. The molecule has 5 aromatic rings. The van der Waals surface area contributed by atoms with Gasteiger partial charge in [-0.2, -0.15) is 0 Å². The van der Waals surface area contributed by atoms with Crippen LogP contribution in [0.15, 0.2) is 114 Å². The summed E-state index contributed by atoms with van der Waals surface area (Å²) in [5.74, 6) is 0.841. The summed E-state index contributed by atoms with van der Waals surface area (Å²) in [6.07, 6.45) is 0.446. The maximum atomic E-state index is 13.3. The quantitative estimate of drug-likeness (QED) is 0.112. The van der Waals surface area contributed by atoms with E-state index in [0.717, 1.165) is 11.1 Å². The number of benzene rings is 4. The van der Waals surface area contributed by atoms with E-state index in [0.29, 0.717) is 39.4 Å². The average molecular weight is 570 g/mol. The second kappa shape index (κ2) is 12.6. The molecule has 0 saturated heterocycles. The van der Waals surface area contributed by atoms with Crippen LogP contribution in [0.5, 0.6) is 0 Å². The van der Waals surface area contributed by atoms with Gasteiger partial charge in [0.05, 0.1) is 11.0 Å². The minimum Gasteiger partial charge on any atom is -0.342 e. The molecule has 4 aromatic carbocycles. The number of carbonyl (C=O) groups is 1. The second-order valence-electron chi connectivity index (χ2n) is 8.95. The number of amides is 1. The third-order valence-electron chi connectivity index (χ3n) is 6.17. The molecule has 8 nitrogen and oxygen atoms in total. The van der Waals surface area contributed by atoms with Gasteiger partial charge < -0.3 is 5.32 Å². The molecule has 200 valence electrons. The number of nitrogens with one attached hydrogen (secondary N) is 1. The lowest BCUT2D eigenvalue weighted by Crippen LogP contribution is -2.32. The van der Waals surface area contributed by atoms with Crippen LogP contribution in [0, 0.1) is 10.1 Å². The Morgan fingerprint density at radius 2 is 1.57 bits per heavy atom. The molecule has 1 amide bonds. The second-order valence-corrected chi connectivity index (χ2v) is 10.3. The minimum absolute atomic E-state index is 0.0213. The summed E-state index contributed by atoms with van der Waals surface area (Å²) >= 11 is 7.64. The molecule has 0 radical (unpaired) electrons. The standard InChI is InChI=1S/C30H24ClN5O3S/c31-24-13-7-12-23(19-24)29(37)32-27(18-21-8-3-1-4-9-21)28-33-34-30(40-20-22-10-5-2-6-11-22)35(28)25-14-16-26(17-15-25)36(38)39/h1-17,19,27H,18,20H2,(H,32,37). The summed E-state index contributed by atoms with van der Waals surface area (Å²) in [5.41, 5.74) is 3.16. The fourth-order valence-corrected chi connectivity index (χ4v) is 5.32. The number of nitrogens with zero attached hydrogens (tertiary/aromatic N) is 4. The van der Waals surface area contributed by atoms with Crippen molar-refractivity contribution in [1.82, 2.24) is 20.1 Å². The molecule has 0 spiro atoms. The van der Waals surface area contributed by atoms with E-state index >= 15 is 0 Å². The highest BCUT2D eigenvalue weighted by molar-refractivity contribution is 7.98. The molecule has 40 heavy (non-hydrogen) atoms. The Bertz CT molecular complexity index is 1610. The zero-order valence-corrected chi connectivity index (χ0v) is 22.8. The van der Waals surface area contributed by atoms with Crippen LogP contribution in [0.3, 0.4) is 0 Å². The monoisotopic (exact) mass is 569 g/mol. The van der Waals surface area contributed by atoms with Crippen LogP contribution in [0.2, 0.25) is 5.02 Å². The molecule has 1 unspecified atom stereocenters. The molecular formula is C30H24ClN5O3S. The molecule has 10 heteroatoms. The topological polar surface area (TPSA) is 103 Å². The predicted molar refractivity (Wildman–Crippen MR) is 156 cm³/mol. The predicted octanol–water partition coefficient (Wildman–Crippen LogP) is 6.84. The molecule has 0 fully saturated rings. The van der Waals surface area contributed by atoms with Crippen molar-refractivity contribution >= 4 is 35.0 Å². The Kier molecular flexibility index (Phi) is 8.53. The Hall–Kier alpha value is -4.47. The molecule has 1 aromatic heterocycles. The van der Waals surface area contributed by atoms with E-state index in [1.165, 1.54) is 23.9 Å². The summed E-state index contributed by atoms with van der Waals surface area (Å²) < 4.78 is 1.85. The smallest absolute Gasteiger partial charge is 0.269 e. The summed E-state index contributed by atoms with van der Waals surface area (Å²) in [6, 6.07) is 32.1. The van der Waals surface area contributed by atoms with Crippen molar-refractivity contribution in [2.75, 3.05) is 0 Å². The van der Waals surface area contributed by atoms with Crippen molar-refractivity contribution in [1.29, 1.82) is 0 Å². The van der Waals surface area contributed by atoms with Crippen LogP contribution in [-0.2, 0) is 12.2 Å². The Labute approximate surface area is 240 Å². The number of nitro groups is 1. The van der Waals surface area contributed by atoms with Crippen molar-refractivity contribution in [2.24, 2.45) is 0 Å². The number of hydrogen-bond donors (Lipinski definition) is 1. The number of hydrogen-bond acceptors (Lipinski definition) is 6. The van der Waals surface area contributed by atoms with Crippen LogP contribution < -0.4 is 5.32 Å². The fraction of sp³-hybridized carbons (Fsp3) is 0.100. The normalized spacial score (nSPS) is 11.6. The highest BCUT2D eigenvalue weighted by atomic mass is 35.5. The number of nitro benzene ring substituents is 1. The SMILES string of the molecule is O=C(NC(Cc1ccccc1)c1nnc(SCc2ccccc2)n1-c1ccc([N+](=O)[O-])cc1)c1cccc(Cl)c1.